The SMILES string of the molecule is CC(C)Nc1nnc(-c2ccc3c(c2)C=CC3)o1. The molecule has 0 fully saturated rings. The van der Waals surface area contributed by atoms with Crippen molar-refractivity contribution in [3.05, 3.63) is 35.4 Å². The molecule has 4 heteroatoms. The van der Waals surface area contributed by atoms with Gasteiger partial charge in [0.2, 0.25) is 5.89 Å². The highest BCUT2D eigenvalue weighted by Gasteiger charge is 2.12. The fourth-order valence-electron chi connectivity index (χ4n) is 2.03. The van der Waals surface area contributed by atoms with Crippen LogP contribution in [0.5, 0.6) is 0 Å². The second-order valence-corrected chi connectivity index (χ2v) is 4.73. The van der Waals surface area contributed by atoms with Gasteiger partial charge in [-0.05, 0) is 43.5 Å². The predicted octanol–water partition coefficient (Wildman–Crippen LogP) is 3.13. The van der Waals surface area contributed by atoms with Crippen LogP contribution < -0.4 is 5.32 Å². The highest BCUT2D eigenvalue weighted by molar-refractivity contribution is 5.67. The minimum Gasteiger partial charge on any atom is -0.403 e. The summed E-state index contributed by atoms with van der Waals surface area (Å²) in [6, 6.07) is 6.98. The number of benzene rings is 1. The first-order valence-electron chi connectivity index (χ1n) is 6.12. The Kier molecular flexibility index (Phi) is 2.63. The molecule has 1 aliphatic carbocycles. The average molecular weight is 241 g/mol. The Bertz CT molecular complexity index is 599. The molecule has 0 saturated heterocycles. The fraction of sp³-hybridized carbons (Fsp3) is 0.286. The maximum atomic E-state index is 5.58. The van der Waals surface area contributed by atoms with E-state index in [0.717, 1.165) is 12.0 Å². The lowest BCUT2D eigenvalue weighted by atomic mass is 10.1. The smallest absolute Gasteiger partial charge is 0.315 e. The molecule has 0 spiro atoms. The molecule has 18 heavy (non-hydrogen) atoms. The summed E-state index contributed by atoms with van der Waals surface area (Å²) < 4.78 is 5.58. The fourth-order valence-corrected chi connectivity index (χ4v) is 2.03. The minimum atomic E-state index is 0.279. The summed E-state index contributed by atoms with van der Waals surface area (Å²) in [4.78, 5) is 0. The molecule has 2 aromatic rings. The monoisotopic (exact) mass is 241 g/mol. The third-order valence-corrected chi connectivity index (χ3v) is 2.87. The van der Waals surface area contributed by atoms with Crippen LogP contribution >= 0.6 is 0 Å². The topological polar surface area (TPSA) is 51.0 Å². The van der Waals surface area contributed by atoms with E-state index in [1.165, 1.54) is 11.1 Å². The van der Waals surface area contributed by atoms with Crippen LogP contribution in [-0.2, 0) is 6.42 Å². The van der Waals surface area contributed by atoms with E-state index in [1.54, 1.807) is 0 Å². The highest BCUT2D eigenvalue weighted by atomic mass is 16.4. The summed E-state index contributed by atoms with van der Waals surface area (Å²) in [5.41, 5.74) is 3.55. The number of hydrogen-bond donors (Lipinski definition) is 1. The van der Waals surface area contributed by atoms with Crippen LogP contribution in [0, 0.1) is 0 Å². The Morgan fingerprint density at radius 3 is 3.00 bits per heavy atom. The molecule has 0 aliphatic heterocycles. The Hall–Kier alpha value is -2.10. The lowest BCUT2D eigenvalue weighted by Crippen LogP contribution is -2.09. The molecule has 0 unspecified atom stereocenters. The molecule has 0 radical (unpaired) electrons. The van der Waals surface area contributed by atoms with Gasteiger partial charge in [0.15, 0.2) is 0 Å². The Morgan fingerprint density at radius 2 is 2.17 bits per heavy atom. The highest BCUT2D eigenvalue weighted by Crippen LogP contribution is 2.26. The van der Waals surface area contributed by atoms with Gasteiger partial charge in [0, 0.05) is 11.6 Å². The van der Waals surface area contributed by atoms with E-state index in [-0.39, 0.29) is 6.04 Å². The molecule has 1 aromatic carbocycles. The van der Waals surface area contributed by atoms with Gasteiger partial charge in [0.05, 0.1) is 0 Å². The van der Waals surface area contributed by atoms with Gasteiger partial charge in [0.1, 0.15) is 0 Å². The van der Waals surface area contributed by atoms with E-state index < -0.39 is 0 Å². The van der Waals surface area contributed by atoms with Gasteiger partial charge in [-0.15, -0.1) is 5.10 Å². The van der Waals surface area contributed by atoms with Crippen molar-refractivity contribution in [2.45, 2.75) is 26.3 Å². The Morgan fingerprint density at radius 1 is 1.28 bits per heavy atom. The number of aromatic nitrogens is 2. The van der Waals surface area contributed by atoms with E-state index in [4.69, 9.17) is 4.42 Å². The van der Waals surface area contributed by atoms with Gasteiger partial charge in [-0.3, -0.25) is 0 Å². The minimum absolute atomic E-state index is 0.279. The Balaban J connectivity index is 1.90. The number of anilines is 1. The zero-order valence-corrected chi connectivity index (χ0v) is 10.5. The van der Waals surface area contributed by atoms with Crippen LogP contribution in [0.2, 0.25) is 0 Å². The van der Waals surface area contributed by atoms with Crippen LogP contribution in [0.3, 0.4) is 0 Å². The van der Waals surface area contributed by atoms with Crippen LogP contribution in [0.4, 0.5) is 6.01 Å². The number of allylic oxidation sites excluding steroid dienone is 1. The van der Waals surface area contributed by atoms with Crippen molar-refractivity contribution < 1.29 is 4.42 Å². The molecule has 0 amide bonds. The van der Waals surface area contributed by atoms with Gasteiger partial charge in [0.25, 0.3) is 0 Å². The number of fused-ring (bicyclic) bond motifs is 1. The van der Waals surface area contributed by atoms with Crippen LogP contribution in [-0.4, -0.2) is 16.2 Å². The van der Waals surface area contributed by atoms with Gasteiger partial charge in [-0.25, -0.2) is 0 Å². The second kappa shape index (κ2) is 4.29. The predicted molar refractivity (Wildman–Crippen MR) is 71.2 cm³/mol. The van der Waals surface area contributed by atoms with Crippen LogP contribution in [0.15, 0.2) is 28.7 Å². The normalized spacial score (nSPS) is 13.1. The zero-order valence-electron chi connectivity index (χ0n) is 10.5. The summed E-state index contributed by atoms with van der Waals surface area (Å²) >= 11 is 0. The molecule has 1 aliphatic rings. The van der Waals surface area contributed by atoms with E-state index in [2.05, 4.69) is 39.8 Å². The summed E-state index contributed by atoms with van der Waals surface area (Å²) in [6.07, 6.45) is 5.30. The second-order valence-electron chi connectivity index (χ2n) is 4.73. The molecule has 0 atom stereocenters. The van der Waals surface area contributed by atoms with Gasteiger partial charge < -0.3 is 9.73 Å². The summed E-state index contributed by atoms with van der Waals surface area (Å²) in [5, 5.41) is 11.1. The largest absolute Gasteiger partial charge is 0.403 e. The third-order valence-electron chi connectivity index (χ3n) is 2.87. The molecule has 3 rings (SSSR count). The maximum absolute atomic E-state index is 5.58. The first-order valence-corrected chi connectivity index (χ1v) is 6.12. The summed E-state index contributed by atoms with van der Waals surface area (Å²) in [5.74, 6) is 0.557. The van der Waals surface area contributed by atoms with Gasteiger partial charge >= 0.3 is 6.01 Å². The number of hydrogen-bond acceptors (Lipinski definition) is 4. The first kappa shape index (κ1) is 11.0. The quantitative estimate of drug-likeness (QED) is 0.897. The van der Waals surface area contributed by atoms with E-state index in [1.807, 2.05) is 19.9 Å². The van der Waals surface area contributed by atoms with Crippen molar-refractivity contribution in [1.82, 2.24) is 10.2 Å². The number of nitrogens with one attached hydrogen (secondary N) is 1. The first-order chi connectivity index (χ1) is 8.72. The number of rotatable bonds is 3. The molecule has 1 heterocycles. The zero-order chi connectivity index (χ0) is 12.5. The van der Waals surface area contributed by atoms with Gasteiger partial charge in [-0.1, -0.05) is 23.3 Å². The van der Waals surface area contributed by atoms with Crippen molar-refractivity contribution in [3.63, 3.8) is 0 Å². The molecular weight excluding hydrogens is 226 g/mol. The van der Waals surface area contributed by atoms with Crippen molar-refractivity contribution >= 4 is 12.1 Å². The van der Waals surface area contributed by atoms with E-state index in [9.17, 15) is 0 Å². The molecule has 1 aromatic heterocycles. The molecule has 92 valence electrons. The van der Waals surface area contributed by atoms with Crippen LogP contribution in [0.1, 0.15) is 25.0 Å². The van der Waals surface area contributed by atoms with Crippen LogP contribution in [0.25, 0.3) is 17.5 Å². The van der Waals surface area contributed by atoms with Crippen molar-refractivity contribution in [3.8, 4) is 11.5 Å². The Labute approximate surface area is 106 Å². The molecular formula is C14H15N3O. The van der Waals surface area contributed by atoms with Crippen molar-refractivity contribution in [1.29, 1.82) is 0 Å². The van der Waals surface area contributed by atoms with Crippen molar-refractivity contribution in [2.24, 2.45) is 0 Å². The lowest BCUT2D eigenvalue weighted by Gasteiger charge is -2.03. The van der Waals surface area contributed by atoms with E-state index >= 15 is 0 Å². The standard InChI is InChI=1S/C14H15N3O/c1-9(2)15-14-17-16-13(18-14)12-7-6-10-4-3-5-11(10)8-12/h3,5-9H,4H2,1-2H3,(H,15,17). The molecule has 0 bridgehead atoms. The number of nitrogens with zero attached hydrogens (tertiary/aromatic N) is 2. The van der Waals surface area contributed by atoms with Crippen molar-refractivity contribution in [2.75, 3.05) is 5.32 Å². The maximum Gasteiger partial charge on any atom is 0.315 e. The lowest BCUT2D eigenvalue weighted by molar-refractivity contribution is 0.574. The third kappa shape index (κ3) is 2.01. The van der Waals surface area contributed by atoms with Gasteiger partial charge in [-0.2, -0.15) is 0 Å². The molecule has 0 saturated carbocycles. The molecule has 4 nitrogen and oxygen atoms in total. The van der Waals surface area contributed by atoms with E-state index in [0.29, 0.717) is 11.9 Å². The molecule has 1 N–H and O–H groups in total. The summed E-state index contributed by atoms with van der Waals surface area (Å²) in [7, 11) is 0. The summed E-state index contributed by atoms with van der Waals surface area (Å²) in [6.45, 7) is 4.06. The average Bonchev–Trinajstić information content (AvgIpc) is 2.95.